The molecule has 0 amide bonds. The predicted molar refractivity (Wildman–Crippen MR) is 83.0 cm³/mol. The topological polar surface area (TPSA) is 50.2 Å². The van der Waals surface area contributed by atoms with E-state index in [0.717, 1.165) is 12.1 Å². The Morgan fingerprint density at radius 2 is 2.25 bits per heavy atom. The first-order valence-electron chi connectivity index (χ1n) is 6.26. The van der Waals surface area contributed by atoms with E-state index >= 15 is 0 Å². The lowest BCUT2D eigenvalue weighted by atomic mass is 10.2. The van der Waals surface area contributed by atoms with Gasteiger partial charge in [-0.25, -0.2) is 4.79 Å². The minimum Gasteiger partial charge on any atom is -0.477 e. The second-order valence-corrected chi connectivity index (χ2v) is 6.96. The Labute approximate surface area is 125 Å². The van der Waals surface area contributed by atoms with Gasteiger partial charge in [0, 0.05) is 26.9 Å². The van der Waals surface area contributed by atoms with Crippen molar-refractivity contribution in [2.75, 3.05) is 0 Å². The van der Waals surface area contributed by atoms with Crippen molar-refractivity contribution >= 4 is 29.1 Å². The smallest absolute Gasteiger partial charge is 0.341 e. The van der Waals surface area contributed by atoms with E-state index in [1.54, 1.807) is 11.3 Å². The molecule has 3 heterocycles. The van der Waals surface area contributed by atoms with E-state index in [1.165, 1.54) is 27.1 Å². The fourth-order valence-electron chi connectivity index (χ4n) is 2.16. The Morgan fingerprint density at radius 1 is 1.40 bits per heavy atom. The second kappa shape index (κ2) is 5.42. The number of hydrogen-bond acceptors (Lipinski definition) is 4. The summed E-state index contributed by atoms with van der Waals surface area (Å²) in [5.74, 6) is -0.820. The summed E-state index contributed by atoms with van der Waals surface area (Å²) in [5, 5.41) is 9.24. The first kappa shape index (κ1) is 13.4. The standard InChI is InChI=1S/C15H13NO2S2/c1-9-8-10(6-7-16-9)11-2-3-12(19-11)13-4-5-14(20-13)15(17)18/h2-3,5-8,13H,4H2,1H3,(H,17,18). The van der Waals surface area contributed by atoms with Crippen LogP contribution in [0.3, 0.4) is 0 Å². The molecule has 0 saturated heterocycles. The SMILES string of the molecule is Cc1cc(-c2ccc(C3CC=C(C(=O)O)S3)s2)ccn1. The van der Waals surface area contributed by atoms with E-state index in [2.05, 4.69) is 23.2 Å². The van der Waals surface area contributed by atoms with Gasteiger partial charge in [0.2, 0.25) is 0 Å². The predicted octanol–water partition coefficient (Wildman–Crippen LogP) is 4.27. The van der Waals surface area contributed by atoms with Crippen LogP contribution >= 0.6 is 23.1 Å². The molecule has 102 valence electrons. The number of aryl methyl sites for hydroxylation is 1. The number of carboxylic acid groups (broad SMARTS) is 1. The van der Waals surface area contributed by atoms with E-state index in [-0.39, 0.29) is 5.25 Å². The molecule has 1 atom stereocenters. The molecule has 1 unspecified atom stereocenters. The maximum Gasteiger partial charge on any atom is 0.341 e. The zero-order valence-corrected chi connectivity index (χ0v) is 12.5. The monoisotopic (exact) mass is 303 g/mol. The number of thioether (sulfide) groups is 1. The first-order valence-corrected chi connectivity index (χ1v) is 7.96. The molecule has 3 rings (SSSR count). The van der Waals surface area contributed by atoms with E-state index in [4.69, 9.17) is 5.11 Å². The van der Waals surface area contributed by atoms with Gasteiger partial charge >= 0.3 is 5.97 Å². The number of aromatic nitrogens is 1. The van der Waals surface area contributed by atoms with Crippen LogP contribution in [-0.4, -0.2) is 16.1 Å². The lowest BCUT2D eigenvalue weighted by molar-refractivity contribution is -0.131. The number of allylic oxidation sites excluding steroid dienone is 1. The Morgan fingerprint density at radius 3 is 2.95 bits per heavy atom. The maximum absolute atomic E-state index is 10.9. The summed E-state index contributed by atoms with van der Waals surface area (Å²) in [5.41, 5.74) is 2.17. The molecule has 0 fully saturated rings. The summed E-state index contributed by atoms with van der Waals surface area (Å²) in [6.07, 6.45) is 4.42. The molecule has 2 aromatic heterocycles. The minimum atomic E-state index is -0.820. The zero-order valence-electron chi connectivity index (χ0n) is 10.9. The van der Waals surface area contributed by atoms with Crippen LogP contribution in [0.1, 0.15) is 22.2 Å². The quantitative estimate of drug-likeness (QED) is 0.920. The lowest BCUT2D eigenvalue weighted by Crippen LogP contribution is -1.93. The van der Waals surface area contributed by atoms with Crippen LogP contribution in [0, 0.1) is 6.92 Å². The van der Waals surface area contributed by atoms with Gasteiger partial charge in [-0.15, -0.1) is 23.1 Å². The maximum atomic E-state index is 10.9. The second-order valence-electron chi connectivity index (χ2n) is 4.60. The third-order valence-electron chi connectivity index (χ3n) is 3.12. The van der Waals surface area contributed by atoms with Gasteiger partial charge in [-0.2, -0.15) is 0 Å². The van der Waals surface area contributed by atoms with Gasteiger partial charge in [-0.1, -0.05) is 6.08 Å². The average Bonchev–Trinajstić information content (AvgIpc) is 3.08. The van der Waals surface area contributed by atoms with Gasteiger partial charge in [-0.05, 0) is 43.2 Å². The van der Waals surface area contributed by atoms with Crippen molar-refractivity contribution in [1.82, 2.24) is 4.98 Å². The molecular weight excluding hydrogens is 290 g/mol. The van der Waals surface area contributed by atoms with Gasteiger partial charge in [-0.3, -0.25) is 4.98 Å². The third kappa shape index (κ3) is 2.64. The van der Waals surface area contributed by atoms with Gasteiger partial charge in [0.1, 0.15) is 0 Å². The van der Waals surface area contributed by atoms with Crippen LogP contribution in [0.5, 0.6) is 0 Å². The Balaban J connectivity index is 1.80. The van der Waals surface area contributed by atoms with Crippen LogP contribution in [0.2, 0.25) is 0 Å². The Kier molecular flexibility index (Phi) is 3.63. The van der Waals surface area contributed by atoms with Crippen molar-refractivity contribution in [1.29, 1.82) is 0 Å². The number of thiophene rings is 1. The van der Waals surface area contributed by atoms with E-state index in [9.17, 15) is 4.79 Å². The molecular formula is C15H13NO2S2. The van der Waals surface area contributed by atoms with Crippen molar-refractivity contribution in [3.63, 3.8) is 0 Å². The normalized spacial score (nSPS) is 18.1. The highest BCUT2D eigenvalue weighted by Crippen LogP contribution is 2.46. The molecule has 0 aromatic carbocycles. The molecule has 5 heteroatoms. The molecule has 3 nitrogen and oxygen atoms in total. The van der Waals surface area contributed by atoms with Crippen LogP contribution in [0.4, 0.5) is 0 Å². The number of hydrogen-bond donors (Lipinski definition) is 1. The summed E-state index contributed by atoms with van der Waals surface area (Å²) in [6.45, 7) is 1.98. The lowest BCUT2D eigenvalue weighted by Gasteiger charge is -2.05. The average molecular weight is 303 g/mol. The number of carboxylic acids is 1. The highest BCUT2D eigenvalue weighted by atomic mass is 32.2. The van der Waals surface area contributed by atoms with Crippen LogP contribution in [-0.2, 0) is 4.79 Å². The van der Waals surface area contributed by atoms with Crippen LogP contribution in [0.15, 0.2) is 41.4 Å². The molecule has 0 bridgehead atoms. The van der Waals surface area contributed by atoms with Crippen molar-refractivity contribution < 1.29 is 9.90 Å². The molecule has 0 aliphatic carbocycles. The Bertz CT molecular complexity index is 691. The number of carbonyl (C=O) groups is 1. The summed E-state index contributed by atoms with van der Waals surface area (Å²) in [7, 11) is 0. The number of nitrogens with zero attached hydrogens (tertiary/aromatic N) is 1. The van der Waals surface area contributed by atoms with Gasteiger partial charge in [0.05, 0.1) is 4.91 Å². The summed E-state index contributed by atoms with van der Waals surface area (Å²) in [4.78, 5) is 18.1. The molecule has 0 radical (unpaired) electrons. The minimum absolute atomic E-state index is 0.239. The van der Waals surface area contributed by atoms with Crippen molar-refractivity contribution in [3.8, 4) is 10.4 Å². The largest absolute Gasteiger partial charge is 0.477 e. The van der Waals surface area contributed by atoms with Gasteiger partial charge in [0.25, 0.3) is 0 Å². The number of aliphatic carboxylic acids is 1. The van der Waals surface area contributed by atoms with Crippen LogP contribution < -0.4 is 0 Å². The molecule has 0 spiro atoms. The van der Waals surface area contributed by atoms with E-state index in [1.807, 2.05) is 25.3 Å². The zero-order chi connectivity index (χ0) is 14.1. The van der Waals surface area contributed by atoms with Crippen molar-refractivity contribution in [2.24, 2.45) is 0 Å². The first-order chi connectivity index (χ1) is 9.63. The van der Waals surface area contributed by atoms with Gasteiger partial charge in [0.15, 0.2) is 0 Å². The highest BCUT2D eigenvalue weighted by Gasteiger charge is 2.24. The molecule has 1 N–H and O–H groups in total. The number of pyridine rings is 1. The summed E-state index contributed by atoms with van der Waals surface area (Å²) >= 11 is 3.17. The molecule has 20 heavy (non-hydrogen) atoms. The van der Waals surface area contributed by atoms with Gasteiger partial charge < -0.3 is 5.11 Å². The molecule has 0 saturated carbocycles. The fraction of sp³-hybridized carbons (Fsp3) is 0.200. The van der Waals surface area contributed by atoms with E-state index < -0.39 is 5.97 Å². The van der Waals surface area contributed by atoms with E-state index in [0.29, 0.717) is 4.91 Å². The summed E-state index contributed by atoms with van der Waals surface area (Å²) in [6, 6.07) is 8.28. The number of rotatable bonds is 3. The highest BCUT2D eigenvalue weighted by molar-refractivity contribution is 8.04. The molecule has 2 aromatic rings. The van der Waals surface area contributed by atoms with Crippen molar-refractivity contribution in [2.45, 2.75) is 18.6 Å². The summed E-state index contributed by atoms with van der Waals surface area (Å²) < 4.78 is 0. The van der Waals surface area contributed by atoms with Crippen LogP contribution in [0.25, 0.3) is 10.4 Å². The van der Waals surface area contributed by atoms with Crippen molar-refractivity contribution in [3.05, 3.63) is 52.0 Å². The Hall–Kier alpha value is -1.59. The molecule has 1 aliphatic rings. The molecule has 1 aliphatic heterocycles. The fourth-order valence-corrected chi connectivity index (χ4v) is 4.43. The third-order valence-corrected chi connectivity index (χ3v) is 5.85.